The van der Waals surface area contributed by atoms with Gasteiger partial charge in [0.25, 0.3) is 0 Å². The lowest BCUT2D eigenvalue weighted by atomic mass is 10.0. The van der Waals surface area contributed by atoms with Crippen LogP contribution >= 0.6 is 0 Å². The van der Waals surface area contributed by atoms with Gasteiger partial charge in [-0.25, -0.2) is 0 Å². The molecular weight excluding hydrogens is 573 g/mol. The normalized spacial score (nSPS) is 12.9. The summed E-state index contributed by atoms with van der Waals surface area (Å²) in [6, 6.07) is 28.5. The van der Waals surface area contributed by atoms with Crippen LogP contribution in [0.4, 0.5) is 11.4 Å². The van der Waals surface area contributed by atoms with E-state index in [1.807, 2.05) is 5.12 Å². The molecule has 0 fully saturated rings. The van der Waals surface area contributed by atoms with E-state index < -0.39 is 0 Å². The number of anilines is 2. The van der Waals surface area contributed by atoms with Crippen LogP contribution in [0.15, 0.2) is 84.0 Å². The molecule has 3 aromatic carbocycles. The summed E-state index contributed by atoms with van der Waals surface area (Å²) in [7, 11) is 0. The molecule has 0 spiro atoms. The Kier molecular flexibility index (Phi) is 17.4. The minimum atomic E-state index is 0.856. The second-order valence-corrected chi connectivity index (χ2v) is 13.7. The maximum absolute atomic E-state index is 5.04. The summed E-state index contributed by atoms with van der Waals surface area (Å²) in [5.41, 5.74) is 9.63. The zero-order chi connectivity index (χ0) is 32.8. The highest BCUT2D eigenvalue weighted by Crippen LogP contribution is 2.27. The Balaban J connectivity index is 1.25. The molecule has 1 aliphatic heterocycles. The van der Waals surface area contributed by atoms with E-state index in [4.69, 9.17) is 5.10 Å². The Morgan fingerprint density at radius 3 is 1.30 bits per heavy atom. The Hall–Kier alpha value is -3.27. The van der Waals surface area contributed by atoms with Gasteiger partial charge in [-0.2, -0.15) is 10.2 Å². The van der Waals surface area contributed by atoms with Crippen molar-refractivity contribution < 1.29 is 0 Å². The fraction of sp³-hybridized carbons (Fsp3) is 0.558. The molecule has 0 unspecified atom stereocenters. The van der Waals surface area contributed by atoms with Gasteiger partial charge in [0, 0.05) is 5.56 Å². The van der Waals surface area contributed by atoms with Crippen LogP contribution in [0.1, 0.15) is 159 Å². The highest BCUT2D eigenvalue weighted by Gasteiger charge is 2.26. The lowest BCUT2D eigenvalue weighted by molar-refractivity contribution is 0.556. The van der Waals surface area contributed by atoms with Gasteiger partial charge in [-0.1, -0.05) is 184 Å². The molecule has 0 amide bonds. The predicted molar refractivity (Wildman–Crippen MR) is 205 cm³/mol. The van der Waals surface area contributed by atoms with Crippen LogP contribution in [-0.2, 0) is 12.8 Å². The molecule has 1 heterocycles. The van der Waals surface area contributed by atoms with Crippen LogP contribution < -0.4 is 15.7 Å². The molecule has 0 saturated heterocycles. The molecular formula is C43H64N4. The van der Waals surface area contributed by atoms with Gasteiger partial charge in [-0.05, 0) is 61.1 Å². The average Bonchev–Trinajstić information content (AvgIpc) is 3.56. The average molecular weight is 637 g/mol. The Morgan fingerprint density at radius 1 is 0.447 bits per heavy atom. The summed E-state index contributed by atoms with van der Waals surface area (Å²) in [5, 5.41) is 9.11. The van der Waals surface area contributed by atoms with Crippen molar-refractivity contribution in [2.75, 3.05) is 10.2 Å². The van der Waals surface area contributed by atoms with Gasteiger partial charge in [0.1, 0.15) is 0 Å². The topological polar surface area (TPSA) is 30.9 Å². The summed E-state index contributed by atoms with van der Waals surface area (Å²) >= 11 is 0. The maximum atomic E-state index is 5.04. The van der Waals surface area contributed by atoms with Gasteiger partial charge < -0.3 is 0 Å². The molecule has 1 N–H and O–H groups in total. The Labute approximate surface area is 288 Å². The third kappa shape index (κ3) is 13.4. The number of nitrogens with one attached hydrogen (secondary N) is 1. The van der Waals surface area contributed by atoms with Crippen LogP contribution in [0.25, 0.3) is 0 Å². The fourth-order valence-electron chi connectivity index (χ4n) is 6.61. The van der Waals surface area contributed by atoms with E-state index in [0.717, 1.165) is 35.6 Å². The third-order valence-corrected chi connectivity index (χ3v) is 9.63. The predicted octanol–water partition coefficient (Wildman–Crippen LogP) is 12.7. The van der Waals surface area contributed by atoms with E-state index in [1.54, 1.807) is 0 Å². The molecule has 0 aromatic heterocycles. The highest BCUT2D eigenvalue weighted by atomic mass is 15.9. The van der Waals surface area contributed by atoms with E-state index in [9.17, 15) is 0 Å². The van der Waals surface area contributed by atoms with Gasteiger partial charge in [0.05, 0.1) is 11.4 Å². The maximum Gasteiger partial charge on any atom is 0.176 e. The summed E-state index contributed by atoms with van der Waals surface area (Å²) < 4.78 is 0. The molecule has 0 radical (unpaired) electrons. The van der Waals surface area contributed by atoms with Gasteiger partial charge in [0.2, 0.25) is 0 Å². The lowest BCUT2D eigenvalue weighted by Crippen LogP contribution is -2.44. The zero-order valence-corrected chi connectivity index (χ0v) is 29.9. The van der Waals surface area contributed by atoms with Gasteiger partial charge >= 0.3 is 0 Å². The molecule has 0 atom stereocenters. The molecule has 4 heteroatoms. The van der Waals surface area contributed by atoms with Crippen molar-refractivity contribution in [1.82, 2.24) is 5.43 Å². The first-order chi connectivity index (χ1) is 23.3. The third-order valence-electron chi connectivity index (χ3n) is 9.63. The second-order valence-electron chi connectivity index (χ2n) is 13.7. The van der Waals surface area contributed by atoms with Crippen molar-refractivity contribution in [3.8, 4) is 0 Å². The number of rotatable bonds is 25. The molecule has 0 saturated carbocycles. The Bertz CT molecular complexity index is 1240. The fourth-order valence-corrected chi connectivity index (χ4v) is 6.61. The van der Waals surface area contributed by atoms with Crippen LogP contribution in [0.3, 0.4) is 0 Å². The molecule has 47 heavy (non-hydrogen) atoms. The van der Waals surface area contributed by atoms with E-state index >= 15 is 0 Å². The van der Waals surface area contributed by atoms with Crippen molar-refractivity contribution in [3.63, 3.8) is 0 Å². The van der Waals surface area contributed by atoms with Crippen LogP contribution in [0.5, 0.6) is 0 Å². The van der Waals surface area contributed by atoms with E-state index in [0.29, 0.717) is 0 Å². The number of unbranched alkanes of at least 4 members (excludes halogenated alkanes) is 18. The van der Waals surface area contributed by atoms with Crippen molar-refractivity contribution in [1.29, 1.82) is 0 Å². The molecule has 0 aliphatic carbocycles. The van der Waals surface area contributed by atoms with Gasteiger partial charge in [-0.15, -0.1) is 5.10 Å². The van der Waals surface area contributed by atoms with Crippen molar-refractivity contribution >= 4 is 17.2 Å². The molecule has 256 valence electrons. The standard InChI is InChI=1S/C43H64N4/c1-3-5-7-9-11-13-15-17-19-22-26-38-30-34-41(35-31-38)46-44-43(40-28-24-21-25-29-40)45-47(46)42-36-32-39(33-37-42)27-23-20-18-16-14-12-10-8-6-4-2/h21,24-25,28-37H,3-20,22-23,26-27H2,1-2H3,(H,44,45). The van der Waals surface area contributed by atoms with Crippen LogP contribution in [0, 0.1) is 0 Å². The zero-order valence-electron chi connectivity index (χ0n) is 29.9. The monoisotopic (exact) mass is 637 g/mol. The summed E-state index contributed by atoms with van der Waals surface area (Å²) in [5.74, 6) is 0.856. The quantitative estimate of drug-likeness (QED) is 0.0939. The number of hydrogen-bond acceptors (Lipinski definition) is 4. The number of hydrogen-bond donors (Lipinski definition) is 1. The van der Waals surface area contributed by atoms with Crippen LogP contribution in [-0.4, -0.2) is 5.84 Å². The first kappa shape index (κ1) is 36.6. The Morgan fingerprint density at radius 2 is 0.851 bits per heavy atom. The first-order valence-corrected chi connectivity index (χ1v) is 19.5. The molecule has 0 bridgehead atoms. The smallest absolute Gasteiger partial charge is 0.176 e. The molecule has 4 rings (SSSR count). The summed E-state index contributed by atoms with van der Waals surface area (Å²) in [6.07, 6.45) is 29.9. The number of amidine groups is 1. The van der Waals surface area contributed by atoms with Crippen LogP contribution in [0.2, 0.25) is 0 Å². The summed E-state index contributed by atoms with van der Waals surface area (Å²) in [6.45, 7) is 4.58. The van der Waals surface area contributed by atoms with Gasteiger partial charge in [0.15, 0.2) is 5.84 Å². The number of aryl methyl sites for hydroxylation is 2. The number of benzene rings is 3. The second kappa shape index (κ2) is 22.3. The minimum absolute atomic E-state index is 0.856. The molecule has 4 nitrogen and oxygen atoms in total. The SMILES string of the molecule is CCCCCCCCCCCCc1ccc(N2N=C(c3ccccc3)NN2c2ccc(CCCCCCCCCCCC)cc2)cc1. The number of hydrazone groups is 1. The van der Waals surface area contributed by atoms with Crippen molar-refractivity contribution in [3.05, 3.63) is 95.6 Å². The van der Waals surface area contributed by atoms with E-state index in [1.165, 1.54) is 140 Å². The van der Waals surface area contributed by atoms with Gasteiger partial charge in [-0.3, -0.25) is 5.43 Å². The minimum Gasteiger partial charge on any atom is -0.259 e. The number of hydrazine groups is 2. The molecule has 1 aliphatic rings. The highest BCUT2D eigenvalue weighted by molar-refractivity contribution is 6.02. The van der Waals surface area contributed by atoms with E-state index in [-0.39, 0.29) is 0 Å². The first-order valence-electron chi connectivity index (χ1n) is 19.5. The lowest BCUT2D eigenvalue weighted by Gasteiger charge is -2.28. The number of nitrogens with zero attached hydrogens (tertiary/aromatic N) is 3. The van der Waals surface area contributed by atoms with E-state index in [2.05, 4.69) is 103 Å². The molecule has 3 aromatic rings. The summed E-state index contributed by atoms with van der Waals surface area (Å²) in [4.78, 5) is 0. The van der Waals surface area contributed by atoms with Crippen molar-refractivity contribution in [2.24, 2.45) is 5.10 Å². The largest absolute Gasteiger partial charge is 0.259 e. The van der Waals surface area contributed by atoms with Crippen molar-refractivity contribution in [2.45, 2.75) is 155 Å².